The summed E-state index contributed by atoms with van der Waals surface area (Å²) in [5.41, 5.74) is 6.15. The summed E-state index contributed by atoms with van der Waals surface area (Å²) in [5, 5.41) is 0.621. The van der Waals surface area contributed by atoms with Crippen molar-refractivity contribution in [2.75, 3.05) is 13.7 Å². The quantitative estimate of drug-likeness (QED) is 0.602. The minimum absolute atomic E-state index is 0.239. The van der Waals surface area contributed by atoms with E-state index in [0.29, 0.717) is 16.5 Å². The van der Waals surface area contributed by atoms with Crippen LogP contribution in [0.3, 0.4) is 0 Å². The van der Waals surface area contributed by atoms with Gasteiger partial charge in [0, 0.05) is 16.7 Å². The van der Waals surface area contributed by atoms with Crippen LogP contribution in [0.1, 0.15) is 11.1 Å². The Balaban J connectivity index is 1.78. The molecule has 0 atom stereocenters. The highest BCUT2D eigenvalue weighted by Crippen LogP contribution is 2.21. The van der Waals surface area contributed by atoms with Crippen molar-refractivity contribution in [3.05, 3.63) is 64.7 Å². The van der Waals surface area contributed by atoms with Crippen molar-refractivity contribution < 1.29 is 19.1 Å². The standard InChI is InChI=1S/C19H19ClN2O4/c1-13-11-15(8-9-16(13)20)26-12-19(24)22-21-18(23)10-7-14-5-3-4-6-17(14)25-2/h3-11H,12H2,1-2H3,(H,21,23)(H,22,24). The average molecular weight is 375 g/mol. The van der Waals surface area contributed by atoms with E-state index in [1.54, 1.807) is 37.5 Å². The van der Waals surface area contributed by atoms with Crippen LogP contribution >= 0.6 is 11.6 Å². The van der Waals surface area contributed by atoms with Crippen molar-refractivity contribution in [1.82, 2.24) is 10.9 Å². The summed E-state index contributed by atoms with van der Waals surface area (Å²) in [6.45, 7) is 1.60. The molecule has 26 heavy (non-hydrogen) atoms. The molecule has 2 N–H and O–H groups in total. The summed E-state index contributed by atoms with van der Waals surface area (Å²) >= 11 is 5.92. The van der Waals surface area contributed by atoms with Gasteiger partial charge in [0.15, 0.2) is 6.61 Å². The number of methoxy groups -OCH3 is 1. The Bertz CT molecular complexity index is 821. The van der Waals surface area contributed by atoms with E-state index in [2.05, 4.69) is 10.9 Å². The van der Waals surface area contributed by atoms with Crippen molar-refractivity contribution in [3.8, 4) is 11.5 Å². The molecule has 0 fully saturated rings. The Morgan fingerprint density at radius 1 is 1.15 bits per heavy atom. The lowest BCUT2D eigenvalue weighted by atomic mass is 10.2. The van der Waals surface area contributed by atoms with Gasteiger partial charge in [0.25, 0.3) is 11.8 Å². The zero-order chi connectivity index (χ0) is 18.9. The van der Waals surface area contributed by atoms with Crippen molar-refractivity contribution >= 4 is 29.5 Å². The highest BCUT2D eigenvalue weighted by Gasteiger charge is 2.05. The average Bonchev–Trinajstić information content (AvgIpc) is 2.65. The Morgan fingerprint density at radius 3 is 2.65 bits per heavy atom. The fourth-order valence-electron chi connectivity index (χ4n) is 2.03. The van der Waals surface area contributed by atoms with Gasteiger partial charge in [-0.2, -0.15) is 0 Å². The molecule has 0 aliphatic rings. The zero-order valence-corrected chi connectivity index (χ0v) is 15.2. The number of aryl methyl sites for hydroxylation is 1. The molecule has 2 rings (SSSR count). The second kappa shape index (κ2) is 9.48. The van der Waals surface area contributed by atoms with Crippen LogP contribution in [0.5, 0.6) is 11.5 Å². The van der Waals surface area contributed by atoms with E-state index in [1.807, 2.05) is 25.1 Å². The summed E-state index contributed by atoms with van der Waals surface area (Å²) < 4.78 is 10.5. The van der Waals surface area contributed by atoms with Crippen molar-refractivity contribution in [2.24, 2.45) is 0 Å². The van der Waals surface area contributed by atoms with Crippen molar-refractivity contribution in [2.45, 2.75) is 6.92 Å². The number of hydrazine groups is 1. The number of rotatable bonds is 6. The maximum atomic E-state index is 11.8. The van der Waals surface area contributed by atoms with Crippen LogP contribution in [0.4, 0.5) is 0 Å². The van der Waals surface area contributed by atoms with E-state index >= 15 is 0 Å². The fourth-order valence-corrected chi connectivity index (χ4v) is 2.15. The van der Waals surface area contributed by atoms with E-state index in [-0.39, 0.29) is 6.61 Å². The van der Waals surface area contributed by atoms with Gasteiger partial charge in [-0.05, 0) is 42.8 Å². The molecular weight excluding hydrogens is 356 g/mol. The molecule has 0 aliphatic heterocycles. The van der Waals surface area contributed by atoms with E-state index in [1.165, 1.54) is 6.08 Å². The maximum Gasteiger partial charge on any atom is 0.276 e. The summed E-state index contributed by atoms with van der Waals surface area (Å²) in [4.78, 5) is 23.5. The second-order valence-electron chi connectivity index (χ2n) is 5.31. The van der Waals surface area contributed by atoms with E-state index in [9.17, 15) is 9.59 Å². The number of hydrogen-bond donors (Lipinski definition) is 2. The van der Waals surface area contributed by atoms with Crippen LogP contribution in [0.15, 0.2) is 48.5 Å². The molecule has 0 saturated heterocycles. The number of nitrogens with one attached hydrogen (secondary N) is 2. The van der Waals surface area contributed by atoms with Gasteiger partial charge in [-0.15, -0.1) is 0 Å². The van der Waals surface area contributed by atoms with Gasteiger partial charge in [0.05, 0.1) is 7.11 Å². The molecule has 0 heterocycles. The number of para-hydroxylation sites is 1. The smallest absolute Gasteiger partial charge is 0.276 e. The molecule has 0 unspecified atom stereocenters. The molecule has 6 nitrogen and oxygen atoms in total. The minimum atomic E-state index is -0.489. The van der Waals surface area contributed by atoms with E-state index in [0.717, 1.165) is 11.1 Å². The van der Waals surface area contributed by atoms with Gasteiger partial charge in [-0.25, -0.2) is 0 Å². The predicted octanol–water partition coefficient (Wildman–Crippen LogP) is 2.90. The van der Waals surface area contributed by atoms with E-state index < -0.39 is 11.8 Å². The van der Waals surface area contributed by atoms with Crippen LogP contribution in [-0.2, 0) is 9.59 Å². The molecular formula is C19H19ClN2O4. The lowest BCUT2D eigenvalue weighted by Crippen LogP contribution is -2.43. The first-order valence-electron chi connectivity index (χ1n) is 7.78. The monoisotopic (exact) mass is 374 g/mol. The Morgan fingerprint density at radius 2 is 1.92 bits per heavy atom. The first-order valence-corrected chi connectivity index (χ1v) is 8.16. The third kappa shape index (κ3) is 5.82. The van der Waals surface area contributed by atoms with Crippen molar-refractivity contribution in [1.29, 1.82) is 0 Å². The molecule has 0 aromatic heterocycles. The van der Waals surface area contributed by atoms with Gasteiger partial charge in [0.2, 0.25) is 0 Å². The zero-order valence-electron chi connectivity index (χ0n) is 14.4. The molecule has 7 heteroatoms. The summed E-state index contributed by atoms with van der Waals surface area (Å²) in [7, 11) is 1.55. The molecule has 0 spiro atoms. The number of ether oxygens (including phenoxy) is 2. The van der Waals surface area contributed by atoms with Crippen LogP contribution < -0.4 is 20.3 Å². The van der Waals surface area contributed by atoms with Gasteiger partial charge in [0.1, 0.15) is 11.5 Å². The molecule has 0 bridgehead atoms. The molecule has 136 valence electrons. The van der Waals surface area contributed by atoms with Crippen LogP contribution in [0, 0.1) is 6.92 Å². The molecule has 2 aromatic carbocycles. The number of hydrogen-bond acceptors (Lipinski definition) is 4. The Hall–Kier alpha value is -2.99. The first-order chi connectivity index (χ1) is 12.5. The maximum absolute atomic E-state index is 11.8. The molecule has 0 aliphatic carbocycles. The second-order valence-corrected chi connectivity index (χ2v) is 5.72. The number of benzene rings is 2. The number of carbonyl (C=O) groups is 2. The predicted molar refractivity (Wildman–Crippen MR) is 100.0 cm³/mol. The topological polar surface area (TPSA) is 76.7 Å². The molecule has 2 aromatic rings. The van der Waals surface area contributed by atoms with Crippen LogP contribution in [-0.4, -0.2) is 25.5 Å². The largest absolute Gasteiger partial charge is 0.496 e. The van der Waals surface area contributed by atoms with Gasteiger partial charge >= 0.3 is 0 Å². The van der Waals surface area contributed by atoms with Gasteiger partial charge in [-0.1, -0.05) is 29.8 Å². The third-order valence-electron chi connectivity index (χ3n) is 3.38. The SMILES string of the molecule is COc1ccccc1C=CC(=O)NNC(=O)COc1ccc(Cl)c(C)c1. The minimum Gasteiger partial charge on any atom is -0.496 e. The van der Waals surface area contributed by atoms with Crippen LogP contribution in [0.2, 0.25) is 5.02 Å². The summed E-state index contributed by atoms with van der Waals surface area (Å²) in [6.07, 6.45) is 2.88. The fraction of sp³-hybridized carbons (Fsp3) is 0.158. The summed E-state index contributed by atoms with van der Waals surface area (Å²) in [5.74, 6) is 0.194. The molecule has 0 radical (unpaired) electrons. The molecule has 2 amide bonds. The summed E-state index contributed by atoms with van der Waals surface area (Å²) in [6, 6.07) is 12.3. The highest BCUT2D eigenvalue weighted by molar-refractivity contribution is 6.31. The van der Waals surface area contributed by atoms with Gasteiger partial charge in [-0.3, -0.25) is 20.4 Å². The Kier molecular flexibility index (Phi) is 7.05. The van der Waals surface area contributed by atoms with Crippen LogP contribution in [0.25, 0.3) is 6.08 Å². The number of amides is 2. The number of halogens is 1. The van der Waals surface area contributed by atoms with Gasteiger partial charge < -0.3 is 9.47 Å². The Labute approximate surface area is 156 Å². The third-order valence-corrected chi connectivity index (χ3v) is 3.80. The lowest BCUT2D eigenvalue weighted by Gasteiger charge is -2.08. The van der Waals surface area contributed by atoms with E-state index in [4.69, 9.17) is 21.1 Å². The highest BCUT2D eigenvalue weighted by atomic mass is 35.5. The number of carbonyl (C=O) groups excluding carboxylic acids is 2. The lowest BCUT2D eigenvalue weighted by molar-refractivity contribution is -0.128. The first kappa shape index (κ1) is 19.3. The normalized spacial score (nSPS) is 10.4. The molecule has 0 saturated carbocycles. The van der Waals surface area contributed by atoms with Crippen molar-refractivity contribution in [3.63, 3.8) is 0 Å².